The first-order chi connectivity index (χ1) is 19.4. The lowest BCUT2D eigenvalue weighted by Gasteiger charge is -2.24. The molecule has 0 aliphatic rings. The maximum atomic E-state index is 13.7. The number of amides is 1. The van der Waals surface area contributed by atoms with Crippen molar-refractivity contribution in [3.63, 3.8) is 0 Å². The highest BCUT2D eigenvalue weighted by Crippen LogP contribution is 2.31. The van der Waals surface area contributed by atoms with Gasteiger partial charge in [-0.25, -0.2) is 13.8 Å². The summed E-state index contributed by atoms with van der Waals surface area (Å²) in [4.78, 5) is 13.0. The minimum Gasteiger partial charge on any atom is -0.496 e. The summed E-state index contributed by atoms with van der Waals surface area (Å²) in [6, 6.07) is 19.7. The molecule has 214 valence electrons. The number of carbonyl (C=O) groups excluding carboxylic acids is 1. The predicted molar refractivity (Wildman–Crippen MR) is 167 cm³/mol. The Morgan fingerprint density at radius 2 is 1.66 bits per heavy atom. The lowest BCUT2D eigenvalue weighted by molar-refractivity contribution is -0.119. The van der Waals surface area contributed by atoms with E-state index in [1.54, 1.807) is 36.5 Å². The lowest BCUT2D eigenvalue weighted by Crippen LogP contribution is -2.39. The van der Waals surface area contributed by atoms with E-state index in [-0.39, 0.29) is 4.90 Å². The van der Waals surface area contributed by atoms with Gasteiger partial charge in [0.05, 0.1) is 28.4 Å². The molecule has 0 spiro atoms. The molecule has 0 saturated heterocycles. The molecule has 0 aliphatic carbocycles. The monoisotopic (exact) mass is 636 g/mol. The zero-order valence-electron chi connectivity index (χ0n) is 23.9. The van der Waals surface area contributed by atoms with Crippen molar-refractivity contribution in [2.75, 3.05) is 18.0 Å². The van der Waals surface area contributed by atoms with Crippen LogP contribution in [0.1, 0.15) is 33.6 Å². The number of sulfonamides is 1. The van der Waals surface area contributed by atoms with Crippen molar-refractivity contribution in [1.82, 2.24) is 9.99 Å². The molecule has 0 aliphatic heterocycles. The van der Waals surface area contributed by atoms with Crippen LogP contribution in [0.2, 0.25) is 0 Å². The van der Waals surface area contributed by atoms with E-state index >= 15 is 0 Å². The van der Waals surface area contributed by atoms with Gasteiger partial charge in [0.25, 0.3) is 15.9 Å². The van der Waals surface area contributed by atoms with Crippen molar-refractivity contribution >= 4 is 43.8 Å². The summed E-state index contributed by atoms with van der Waals surface area (Å²) in [5.74, 6) is -0.0871. The van der Waals surface area contributed by atoms with Crippen molar-refractivity contribution in [2.24, 2.45) is 5.10 Å². The van der Waals surface area contributed by atoms with E-state index in [2.05, 4.69) is 63.1 Å². The van der Waals surface area contributed by atoms with Crippen LogP contribution in [-0.2, 0) is 14.8 Å². The summed E-state index contributed by atoms with van der Waals surface area (Å²) in [5.41, 5.74) is 10.1. The number of hydrazone groups is 1. The van der Waals surface area contributed by atoms with Gasteiger partial charge in [-0.15, -0.1) is 0 Å². The number of methoxy groups -OCH3 is 1. The fraction of sp³-hybridized carbons (Fsp3) is 0.226. The SMILES string of the molecule is COc1ccc(S(=O)(=O)N(CC(=O)N/N=C\c2cc(C)n(-c3ccc(C)cc3C)c2C)c2ccc(C)cc2)cc1Br. The summed E-state index contributed by atoms with van der Waals surface area (Å²) in [5, 5.41) is 4.16. The van der Waals surface area contributed by atoms with Crippen LogP contribution in [0.4, 0.5) is 5.69 Å². The van der Waals surface area contributed by atoms with Crippen LogP contribution in [0.25, 0.3) is 5.69 Å². The van der Waals surface area contributed by atoms with Crippen molar-refractivity contribution in [2.45, 2.75) is 39.5 Å². The zero-order valence-corrected chi connectivity index (χ0v) is 26.3. The highest BCUT2D eigenvalue weighted by molar-refractivity contribution is 9.10. The topological polar surface area (TPSA) is 93.0 Å². The number of ether oxygens (including phenoxy) is 1. The van der Waals surface area contributed by atoms with Gasteiger partial charge in [-0.1, -0.05) is 35.4 Å². The fourth-order valence-electron chi connectivity index (χ4n) is 4.65. The first-order valence-corrected chi connectivity index (χ1v) is 15.2. The third kappa shape index (κ3) is 6.55. The highest BCUT2D eigenvalue weighted by Gasteiger charge is 2.28. The van der Waals surface area contributed by atoms with Crippen LogP contribution in [0.5, 0.6) is 5.75 Å². The fourth-order valence-corrected chi connectivity index (χ4v) is 6.79. The summed E-state index contributed by atoms with van der Waals surface area (Å²) in [6.45, 7) is 9.59. The number of anilines is 1. The second-order valence-corrected chi connectivity index (χ2v) is 12.6. The minimum absolute atomic E-state index is 0.0147. The van der Waals surface area contributed by atoms with Crippen LogP contribution >= 0.6 is 15.9 Å². The molecule has 0 fully saturated rings. The van der Waals surface area contributed by atoms with Gasteiger partial charge < -0.3 is 9.30 Å². The van der Waals surface area contributed by atoms with Gasteiger partial charge in [0, 0.05) is 22.6 Å². The molecule has 1 N–H and O–H groups in total. The van der Waals surface area contributed by atoms with Crippen LogP contribution in [0.15, 0.2) is 81.2 Å². The van der Waals surface area contributed by atoms with Gasteiger partial charge in [0.15, 0.2) is 0 Å². The number of carbonyl (C=O) groups is 1. The Balaban J connectivity index is 1.57. The van der Waals surface area contributed by atoms with Crippen molar-refractivity contribution in [3.05, 3.63) is 105 Å². The third-order valence-corrected chi connectivity index (χ3v) is 9.17. The molecule has 0 radical (unpaired) electrons. The lowest BCUT2D eigenvalue weighted by atomic mass is 10.1. The van der Waals surface area contributed by atoms with Crippen molar-refractivity contribution in [3.8, 4) is 11.4 Å². The Labute approximate surface area is 249 Å². The van der Waals surface area contributed by atoms with E-state index in [0.717, 1.165) is 38.1 Å². The number of benzene rings is 3. The predicted octanol–water partition coefficient (Wildman–Crippen LogP) is 6.14. The Morgan fingerprint density at radius 3 is 2.29 bits per heavy atom. The Bertz CT molecular complexity index is 1730. The summed E-state index contributed by atoms with van der Waals surface area (Å²) >= 11 is 3.35. The van der Waals surface area contributed by atoms with E-state index in [9.17, 15) is 13.2 Å². The zero-order chi connectivity index (χ0) is 29.9. The minimum atomic E-state index is -4.10. The molecule has 4 aromatic rings. The van der Waals surface area contributed by atoms with E-state index in [0.29, 0.717) is 15.9 Å². The third-order valence-electron chi connectivity index (χ3n) is 6.78. The average molecular weight is 638 g/mol. The van der Waals surface area contributed by atoms with Gasteiger partial charge in [0.1, 0.15) is 12.3 Å². The molecule has 1 aromatic heterocycles. The first kappa shape index (κ1) is 30.1. The summed E-state index contributed by atoms with van der Waals surface area (Å²) in [7, 11) is -2.60. The number of aryl methyl sites for hydroxylation is 4. The molecule has 0 bridgehead atoms. The number of rotatable bonds is 9. The maximum Gasteiger partial charge on any atom is 0.264 e. The molecule has 8 nitrogen and oxygen atoms in total. The van der Waals surface area contributed by atoms with Gasteiger partial charge >= 0.3 is 0 Å². The molecular weight excluding hydrogens is 604 g/mol. The number of nitrogens with zero attached hydrogens (tertiary/aromatic N) is 3. The second kappa shape index (κ2) is 12.3. The van der Waals surface area contributed by atoms with Gasteiger partial charge in [-0.05, 0) is 98.6 Å². The van der Waals surface area contributed by atoms with Crippen LogP contribution in [0, 0.1) is 34.6 Å². The Morgan fingerprint density at radius 1 is 0.976 bits per heavy atom. The molecule has 0 unspecified atom stereocenters. The van der Waals surface area contributed by atoms with E-state index < -0.39 is 22.5 Å². The largest absolute Gasteiger partial charge is 0.496 e. The van der Waals surface area contributed by atoms with Crippen LogP contribution in [0.3, 0.4) is 0 Å². The maximum absolute atomic E-state index is 13.7. The summed E-state index contributed by atoms with van der Waals surface area (Å²) < 4.78 is 36.4. The van der Waals surface area contributed by atoms with Crippen LogP contribution in [-0.4, -0.2) is 38.8 Å². The standard InChI is InChI=1S/C31H33BrN4O4S/c1-20-7-10-26(11-8-20)35(41(38,39)27-12-14-30(40-6)28(32)17-27)19-31(37)34-33-18-25-16-23(4)36(24(25)5)29-13-9-21(2)15-22(29)3/h7-18H,19H2,1-6H3,(H,34,37)/b33-18-. The van der Waals surface area contributed by atoms with Crippen LogP contribution < -0.4 is 14.5 Å². The van der Waals surface area contributed by atoms with Gasteiger partial charge in [-0.3, -0.25) is 9.10 Å². The van der Waals surface area contributed by atoms with E-state index in [1.807, 2.05) is 26.8 Å². The first-order valence-electron chi connectivity index (χ1n) is 12.9. The van der Waals surface area contributed by atoms with E-state index in [4.69, 9.17) is 4.74 Å². The average Bonchev–Trinajstić information content (AvgIpc) is 3.20. The molecular formula is C31H33BrN4O4S. The molecule has 3 aromatic carbocycles. The Hall–Kier alpha value is -3.89. The number of hydrogen-bond donors (Lipinski definition) is 1. The molecule has 10 heteroatoms. The van der Waals surface area contributed by atoms with Crippen molar-refractivity contribution < 1.29 is 17.9 Å². The van der Waals surface area contributed by atoms with E-state index in [1.165, 1.54) is 24.8 Å². The number of aromatic nitrogens is 1. The second-order valence-electron chi connectivity index (χ2n) is 9.89. The number of nitrogens with one attached hydrogen (secondary N) is 1. The molecule has 1 amide bonds. The highest BCUT2D eigenvalue weighted by atomic mass is 79.9. The van der Waals surface area contributed by atoms with Gasteiger partial charge in [-0.2, -0.15) is 5.10 Å². The van der Waals surface area contributed by atoms with Crippen molar-refractivity contribution in [1.29, 1.82) is 0 Å². The summed E-state index contributed by atoms with van der Waals surface area (Å²) in [6.07, 6.45) is 1.57. The van der Waals surface area contributed by atoms with Gasteiger partial charge in [0.2, 0.25) is 0 Å². The smallest absolute Gasteiger partial charge is 0.264 e. The molecule has 0 atom stereocenters. The molecule has 1 heterocycles. The number of halogens is 1. The molecule has 41 heavy (non-hydrogen) atoms. The normalized spacial score (nSPS) is 11.6. The molecule has 0 saturated carbocycles. The quantitative estimate of drug-likeness (QED) is 0.176. The number of hydrogen-bond acceptors (Lipinski definition) is 5. The Kier molecular flexibility index (Phi) is 9.04. The molecule has 4 rings (SSSR count).